The molecule has 2 heterocycles. The Balaban J connectivity index is 2.16. The molecule has 0 aliphatic carbocycles. The SMILES string of the molecule is CC(C)C1=CNC1c1ccc[nH]1. The normalized spacial score (nSPS) is 21.6. The summed E-state index contributed by atoms with van der Waals surface area (Å²) in [5.74, 6) is 0.638. The lowest BCUT2D eigenvalue weighted by Gasteiger charge is -2.31. The number of nitrogens with one attached hydrogen (secondary N) is 2. The second kappa shape index (κ2) is 2.70. The van der Waals surface area contributed by atoms with Crippen molar-refractivity contribution >= 4 is 0 Å². The van der Waals surface area contributed by atoms with Crippen LogP contribution in [-0.2, 0) is 0 Å². The van der Waals surface area contributed by atoms with E-state index in [1.807, 2.05) is 12.3 Å². The van der Waals surface area contributed by atoms with E-state index in [0.717, 1.165) is 0 Å². The van der Waals surface area contributed by atoms with Crippen LogP contribution in [0.3, 0.4) is 0 Å². The molecule has 2 nitrogen and oxygen atoms in total. The van der Waals surface area contributed by atoms with Gasteiger partial charge in [-0.25, -0.2) is 0 Å². The fourth-order valence-electron chi connectivity index (χ4n) is 1.56. The van der Waals surface area contributed by atoms with Crippen molar-refractivity contribution in [1.29, 1.82) is 0 Å². The second-order valence-electron chi connectivity index (χ2n) is 3.52. The molecule has 0 amide bonds. The Labute approximate surface area is 72.7 Å². The van der Waals surface area contributed by atoms with Crippen molar-refractivity contribution in [2.45, 2.75) is 19.9 Å². The molecule has 2 rings (SSSR count). The Morgan fingerprint density at radius 2 is 2.25 bits per heavy atom. The molecule has 0 radical (unpaired) electrons. The largest absolute Gasteiger partial charge is 0.379 e. The van der Waals surface area contributed by atoms with Gasteiger partial charge in [0.15, 0.2) is 0 Å². The molecule has 0 saturated heterocycles. The average molecular weight is 162 g/mol. The molecule has 1 atom stereocenters. The van der Waals surface area contributed by atoms with Gasteiger partial charge in [0.25, 0.3) is 0 Å². The Bertz CT molecular complexity index is 283. The highest BCUT2D eigenvalue weighted by molar-refractivity contribution is 5.30. The molecule has 64 valence electrons. The van der Waals surface area contributed by atoms with Gasteiger partial charge in [-0.3, -0.25) is 0 Å². The van der Waals surface area contributed by atoms with E-state index in [1.54, 1.807) is 0 Å². The van der Waals surface area contributed by atoms with Crippen LogP contribution >= 0.6 is 0 Å². The minimum absolute atomic E-state index is 0.431. The quantitative estimate of drug-likeness (QED) is 0.685. The maximum atomic E-state index is 3.29. The number of aromatic nitrogens is 1. The lowest BCUT2D eigenvalue weighted by Crippen LogP contribution is -2.30. The van der Waals surface area contributed by atoms with E-state index in [1.165, 1.54) is 11.3 Å². The molecule has 0 fully saturated rings. The van der Waals surface area contributed by atoms with Gasteiger partial charge in [0.1, 0.15) is 0 Å². The first-order valence-corrected chi connectivity index (χ1v) is 4.38. The summed E-state index contributed by atoms with van der Waals surface area (Å²) in [6.07, 6.45) is 4.07. The molecule has 2 N–H and O–H groups in total. The standard InChI is InChI=1S/C10H14N2/c1-7(2)8-6-12-10(8)9-4-3-5-11-9/h3-7,10-12H,1-2H3. The number of rotatable bonds is 2. The maximum absolute atomic E-state index is 3.29. The van der Waals surface area contributed by atoms with E-state index < -0.39 is 0 Å². The third-order valence-corrected chi connectivity index (χ3v) is 2.35. The zero-order valence-electron chi connectivity index (χ0n) is 7.46. The first-order valence-electron chi connectivity index (χ1n) is 4.38. The molecular weight excluding hydrogens is 148 g/mol. The minimum atomic E-state index is 0.431. The Hall–Kier alpha value is -1.18. The molecule has 1 aliphatic heterocycles. The predicted molar refractivity (Wildman–Crippen MR) is 49.6 cm³/mol. The zero-order valence-corrected chi connectivity index (χ0v) is 7.46. The second-order valence-corrected chi connectivity index (χ2v) is 3.52. The molecule has 1 aliphatic rings. The van der Waals surface area contributed by atoms with E-state index in [-0.39, 0.29) is 0 Å². The van der Waals surface area contributed by atoms with Gasteiger partial charge >= 0.3 is 0 Å². The molecule has 2 heteroatoms. The van der Waals surface area contributed by atoms with Crippen LogP contribution in [-0.4, -0.2) is 4.98 Å². The van der Waals surface area contributed by atoms with Crippen LogP contribution in [0, 0.1) is 5.92 Å². The van der Waals surface area contributed by atoms with Crippen LogP contribution in [0.15, 0.2) is 30.1 Å². The Kier molecular flexibility index (Phi) is 1.68. The van der Waals surface area contributed by atoms with Gasteiger partial charge in [-0.05, 0) is 29.8 Å². The van der Waals surface area contributed by atoms with E-state index in [9.17, 15) is 0 Å². The third-order valence-electron chi connectivity index (χ3n) is 2.35. The van der Waals surface area contributed by atoms with Crippen LogP contribution in [0.5, 0.6) is 0 Å². The lowest BCUT2D eigenvalue weighted by atomic mass is 9.90. The van der Waals surface area contributed by atoms with E-state index in [4.69, 9.17) is 0 Å². The Morgan fingerprint density at radius 1 is 1.42 bits per heavy atom. The van der Waals surface area contributed by atoms with Crippen LogP contribution < -0.4 is 5.32 Å². The summed E-state index contributed by atoms with van der Waals surface area (Å²) in [6, 6.07) is 4.58. The van der Waals surface area contributed by atoms with Gasteiger partial charge in [0.2, 0.25) is 0 Å². The van der Waals surface area contributed by atoms with E-state index in [2.05, 4.69) is 36.4 Å². The summed E-state index contributed by atoms with van der Waals surface area (Å²) in [7, 11) is 0. The molecule has 0 saturated carbocycles. The highest BCUT2D eigenvalue weighted by Gasteiger charge is 2.24. The maximum Gasteiger partial charge on any atom is 0.0892 e. The number of aromatic amines is 1. The minimum Gasteiger partial charge on any atom is -0.379 e. The number of hydrogen-bond donors (Lipinski definition) is 2. The van der Waals surface area contributed by atoms with Gasteiger partial charge in [-0.1, -0.05) is 13.8 Å². The fraction of sp³-hybridized carbons (Fsp3) is 0.400. The topological polar surface area (TPSA) is 27.8 Å². The van der Waals surface area contributed by atoms with Crippen molar-refractivity contribution in [3.8, 4) is 0 Å². The van der Waals surface area contributed by atoms with Crippen LogP contribution in [0.2, 0.25) is 0 Å². The predicted octanol–water partition coefficient (Wildman–Crippen LogP) is 2.20. The summed E-state index contributed by atoms with van der Waals surface area (Å²) < 4.78 is 0. The van der Waals surface area contributed by atoms with Crippen molar-refractivity contribution in [1.82, 2.24) is 10.3 Å². The van der Waals surface area contributed by atoms with Gasteiger partial charge in [0.05, 0.1) is 6.04 Å². The molecule has 12 heavy (non-hydrogen) atoms. The highest BCUT2D eigenvalue weighted by atomic mass is 15.0. The lowest BCUT2D eigenvalue weighted by molar-refractivity contribution is 0.531. The first kappa shape index (κ1) is 7.47. The van der Waals surface area contributed by atoms with Crippen LogP contribution in [0.25, 0.3) is 0 Å². The van der Waals surface area contributed by atoms with Crippen molar-refractivity contribution in [3.63, 3.8) is 0 Å². The Morgan fingerprint density at radius 3 is 2.67 bits per heavy atom. The van der Waals surface area contributed by atoms with Crippen LogP contribution in [0.4, 0.5) is 0 Å². The first-order chi connectivity index (χ1) is 5.79. The molecular formula is C10H14N2. The van der Waals surface area contributed by atoms with Crippen LogP contribution in [0.1, 0.15) is 25.6 Å². The summed E-state index contributed by atoms with van der Waals surface area (Å²) >= 11 is 0. The number of hydrogen-bond acceptors (Lipinski definition) is 1. The summed E-state index contributed by atoms with van der Waals surface area (Å²) in [6.45, 7) is 4.45. The molecule has 1 unspecified atom stereocenters. The summed E-state index contributed by atoms with van der Waals surface area (Å²) in [5.41, 5.74) is 2.75. The van der Waals surface area contributed by atoms with Crippen molar-refractivity contribution in [3.05, 3.63) is 35.8 Å². The van der Waals surface area contributed by atoms with Gasteiger partial charge in [-0.15, -0.1) is 0 Å². The average Bonchev–Trinajstić information content (AvgIpc) is 2.35. The molecule has 0 spiro atoms. The summed E-state index contributed by atoms with van der Waals surface area (Å²) in [5, 5.41) is 3.29. The van der Waals surface area contributed by atoms with Crippen molar-refractivity contribution in [2.24, 2.45) is 5.92 Å². The number of H-pyrrole nitrogens is 1. The van der Waals surface area contributed by atoms with Gasteiger partial charge in [-0.2, -0.15) is 0 Å². The van der Waals surface area contributed by atoms with Crippen molar-refractivity contribution in [2.75, 3.05) is 0 Å². The van der Waals surface area contributed by atoms with Gasteiger partial charge in [0, 0.05) is 11.9 Å². The van der Waals surface area contributed by atoms with Crippen molar-refractivity contribution < 1.29 is 0 Å². The summed E-state index contributed by atoms with van der Waals surface area (Å²) in [4.78, 5) is 3.22. The van der Waals surface area contributed by atoms with Gasteiger partial charge < -0.3 is 10.3 Å². The highest BCUT2D eigenvalue weighted by Crippen LogP contribution is 2.31. The third kappa shape index (κ3) is 1.04. The molecule has 1 aromatic rings. The van der Waals surface area contributed by atoms with E-state index in [0.29, 0.717) is 12.0 Å². The molecule has 0 bridgehead atoms. The molecule has 0 aromatic carbocycles. The smallest absolute Gasteiger partial charge is 0.0892 e. The fourth-order valence-corrected chi connectivity index (χ4v) is 1.56. The zero-order chi connectivity index (χ0) is 8.55. The molecule has 1 aromatic heterocycles. The monoisotopic (exact) mass is 162 g/mol. The van der Waals surface area contributed by atoms with E-state index >= 15 is 0 Å².